The first-order valence-corrected chi connectivity index (χ1v) is 19.8. The molecule has 6 heteroatoms. The van der Waals surface area contributed by atoms with Gasteiger partial charge in [-0.2, -0.15) is 0 Å². The highest BCUT2D eigenvalue weighted by molar-refractivity contribution is 6.73. The molecule has 1 unspecified atom stereocenters. The fraction of sp³-hybridized carbons (Fsp3) is 0.833. The van der Waals surface area contributed by atoms with Crippen molar-refractivity contribution in [2.45, 2.75) is 142 Å². The second-order valence-electron chi connectivity index (χ2n) is 15.7. The van der Waals surface area contributed by atoms with Crippen LogP contribution in [0, 0.1) is 46.3 Å². The van der Waals surface area contributed by atoms with Crippen molar-refractivity contribution in [3.63, 3.8) is 0 Å². The van der Waals surface area contributed by atoms with E-state index in [1.165, 1.54) is 6.42 Å². The van der Waals surface area contributed by atoms with Crippen LogP contribution in [0.5, 0.6) is 0 Å². The van der Waals surface area contributed by atoms with Gasteiger partial charge in [0.1, 0.15) is 17.5 Å². The summed E-state index contributed by atoms with van der Waals surface area (Å²) in [4.78, 5) is 27.1. The molecule has 2 heterocycles. The number of ketones is 1. The Balaban J connectivity index is 1.30. The monoisotopic (exact) mass is 596 g/mol. The predicted molar refractivity (Wildman–Crippen MR) is 168 cm³/mol. The van der Waals surface area contributed by atoms with Gasteiger partial charge in [0.25, 0.3) is 0 Å². The van der Waals surface area contributed by atoms with Gasteiger partial charge in [0.15, 0.2) is 8.32 Å². The summed E-state index contributed by atoms with van der Waals surface area (Å²) in [7, 11) is -1.86. The van der Waals surface area contributed by atoms with E-state index in [0.29, 0.717) is 29.5 Å². The zero-order valence-electron chi connectivity index (χ0n) is 27.6. The quantitative estimate of drug-likeness (QED) is 0.123. The number of carbonyl (C=O) groups is 2. The Morgan fingerprint density at radius 1 is 1.05 bits per heavy atom. The molecular formula is C36H56O5Si. The van der Waals surface area contributed by atoms with Crippen LogP contribution in [-0.2, 0) is 23.5 Å². The molecule has 12 atom stereocenters. The molecule has 0 aromatic heterocycles. The smallest absolute Gasteiger partial charge is 0.333 e. The number of ether oxygens (including phenoxy) is 2. The van der Waals surface area contributed by atoms with Gasteiger partial charge in [-0.05, 0) is 107 Å². The molecule has 0 amide bonds. The number of fused-ring (bicyclic) bond motifs is 4. The summed E-state index contributed by atoms with van der Waals surface area (Å²) in [5.41, 5.74) is 1.16. The Bertz CT molecular complexity index is 1170. The third kappa shape index (κ3) is 3.98. The molecule has 234 valence electrons. The number of hydrogen-bond acceptors (Lipinski definition) is 5. The Hall–Kier alpha value is -1.24. The third-order valence-electron chi connectivity index (χ3n) is 14.5. The topological polar surface area (TPSA) is 65.1 Å². The van der Waals surface area contributed by atoms with E-state index < -0.39 is 19.3 Å². The molecule has 5 fully saturated rings. The van der Waals surface area contributed by atoms with Crippen molar-refractivity contribution >= 4 is 20.1 Å². The number of cyclic esters (lactones) is 1. The summed E-state index contributed by atoms with van der Waals surface area (Å²) >= 11 is 0. The Morgan fingerprint density at radius 2 is 1.74 bits per heavy atom. The molecule has 0 N–H and O–H groups in total. The average Bonchev–Trinajstić information content (AvgIpc) is 3.62. The molecular weight excluding hydrogens is 540 g/mol. The van der Waals surface area contributed by atoms with Gasteiger partial charge in [0.2, 0.25) is 0 Å². The number of hydrogen-bond donors (Lipinski definition) is 0. The van der Waals surface area contributed by atoms with E-state index in [9.17, 15) is 9.59 Å². The van der Waals surface area contributed by atoms with Crippen molar-refractivity contribution in [3.8, 4) is 0 Å². The minimum atomic E-state index is -1.86. The molecule has 1 saturated heterocycles. The highest BCUT2D eigenvalue weighted by Gasteiger charge is 2.82. The predicted octanol–water partition coefficient (Wildman–Crippen LogP) is 8.05. The van der Waals surface area contributed by atoms with Crippen molar-refractivity contribution in [2.75, 3.05) is 0 Å². The minimum Gasteiger partial charge on any atom is -0.458 e. The molecule has 1 spiro atoms. The van der Waals surface area contributed by atoms with Crippen LogP contribution in [0.4, 0.5) is 0 Å². The van der Waals surface area contributed by atoms with Crippen LogP contribution in [0.15, 0.2) is 23.8 Å². The van der Waals surface area contributed by atoms with Crippen LogP contribution in [0.25, 0.3) is 0 Å². The summed E-state index contributed by atoms with van der Waals surface area (Å²) in [5.74, 6) is 2.27. The van der Waals surface area contributed by atoms with Crippen LogP contribution in [0.2, 0.25) is 18.1 Å². The first kappa shape index (κ1) is 30.8. The van der Waals surface area contributed by atoms with Gasteiger partial charge < -0.3 is 13.9 Å². The maximum atomic E-state index is 14.4. The van der Waals surface area contributed by atoms with Crippen LogP contribution in [0.1, 0.15) is 100 Å². The summed E-state index contributed by atoms with van der Waals surface area (Å²) in [6, 6.07) is 3.37. The second kappa shape index (κ2) is 10.4. The molecule has 0 aromatic rings. The Morgan fingerprint density at radius 3 is 2.36 bits per heavy atom. The zero-order chi connectivity index (χ0) is 30.4. The maximum absolute atomic E-state index is 14.4. The first-order valence-electron chi connectivity index (χ1n) is 17.3. The lowest BCUT2D eigenvalue weighted by molar-refractivity contribution is -0.170. The molecule has 5 nitrogen and oxygen atoms in total. The summed E-state index contributed by atoms with van der Waals surface area (Å²) in [6.45, 7) is 22.1. The molecule has 4 saturated carbocycles. The lowest BCUT2D eigenvalue weighted by atomic mass is 9.43. The van der Waals surface area contributed by atoms with Gasteiger partial charge in [0, 0.05) is 23.8 Å². The molecule has 42 heavy (non-hydrogen) atoms. The van der Waals surface area contributed by atoms with Crippen molar-refractivity contribution in [3.05, 3.63) is 23.8 Å². The van der Waals surface area contributed by atoms with Gasteiger partial charge in [-0.1, -0.05) is 46.3 Å². The Kier molecular flexibility index (Phi) is 7.62. The number of esters is 1. The Labute approximate surface area is 255 Å². The molecule has 6 aliphatic rings. The first-order chi connectivity index (χ1) is 19.9. The van der Waals surface area contributed by atoms with E-state index >= 15 is 0 Å². The SMILES string of the molecule is C=C[C@H](C1CC(C)=C(C)C(=O)O1)[C@H]1CC[C@H]2[C@@H]3C[C@H]4O[C@]45[C@@H](O[Si](CC)(CC)CC)C[C@@H](C)C(=O)[C@]5(C)[C@H]3CC[C@]12C. The van der Waals surface area contributed by atoms with E-state index in [-0.39, 0.29) is 41.5 Å². The van der Waals surface area contributed by atoms with E-state index in [4.69, 9.17) is 13.9 Å². The van der Waals surface area contributed by atoms with Crippen LogP contribution >= 0.6 is 0 Å². The molecule has 4 aliphatic carbocycles. The van der Waals surface area contributed by atoms with Gasteiger partial charge in [-0.15, -0.1) is 6.58 Å². The molecule has 0 bridgehead atoms. The summed E-state index contributed by atoms with van der Waals surface area (Å²) in [5, 5.41) is 0. The summed E-state index contributed by atoms with van der Waals surface area (Å²) in [6.07, 6.45) is 9.32. The third-order valence-corrected chi connectivity index (χ3v) is 19.2. The van der Waals surface area contributed by atoms with Crippen molar-refractivity contribution in [1.82, 2.24) is 0 Å². The number of Topliss-reactive ketones (excluding diaryl/α,β-unsaturated/α-hetero) is 1. The van der Waals surface area contributed by atoms with E-state index in [1.807, 2.05) is 6.92 Å². The normalized spacial score (nSPS) is 47.1. The largest absolute Gasteiger partial charge is 0.458 e. The highest BCUT2D eigenvalue weighted by Crippen LogP contribution is 2.74. The number of rotatable bonds is 8. The lowest BCUT2D eigenvalue weighted by Gasteiger charge is -2.60. The van der Waals surface area contributed by atoms with Gasteiger partial charge in [-0.25, -0.2) is 4.79 Å². The molecule has 2 aliphatic heterocycles. The second-order valence-corrected chi connectivity index (χ2v) is 20.4. The number of epoxide rings is 1. The molecule has 6 rings (SSSR count). The average molecular weight is 597 g/mol. The number of carbonyl (C=O) groups excluding carboxylic acids is 2. The van der Waals surface area contributed by atoms with Crippen molar-refractivity contribution in [1.29, 1.82) is 0 Å². The van der Waals surface area contributed by atoms with Gasteiger partial charge in [0.05, 0.1) is 17.6 Å². The van der Waals surface area contributed by atoms with Gasteiger partial charge in [-0.3, -0.25) is 4.79 Å². The molecule has 0 radical (unpaired) electrons. The fourth-order valence-electron chi connectivity index (χ4n) is 11.7. The van der Waals surface area contributed by atoms with Crippen LogP contribution < -0.4 is 0 Å². The van der Waals surface area contributed by atoms with E-state index in [2.05, 4.69) is 61.1 Å². The highest BCUT2D eigenvalue weighted by atomic mass is 28.4. The molecule has 0 aromatic carbocycles. The lowest BCUT2D eigenvalue weighted by Crippen LogP contribution is -2.68. The van der Waals surface area contributed by atoms with Gasteiger partial charge >= 0.3 is 5.97 Å². The fourth-order valence-corrected chi connectivity index (χ4v) is 14.5. The van der Waals surface area contributed by atoms with Crippen molar-refractivity contribution < 1.29 is 23.5 Å². The van der Waals surface area contributed by atoms with Crippen LogP contribution in [0.3, 0.4) is 0 Å². The minimum absolute atomic E-state index is 0.0158. The van der Waals surface area contributed by atoms with Crippen molar-refractivity contribution in [2.24, 2.45) is 46.3 Å². The van der Waals surface area contributed by atoms with E-state index in [1.54, 1.807) is 0 Å². The van der Waals surface area contributed by atoms with Crippen LogP contribution in [-0.4, -0.2) is 44.0 Å². The van der Waals surface area contributed by atoms with E-state index in [0.717, 1.165) is 67.8 Å². The zero-order valence-corrected chi connectivity index (χ0v) is 28.6. The summed E-state index contributed by atoms with van der Waals surface area (Å²) < 4.78 is 20.2. The standard InChI is InChI=1S/C36H56O5Si/c1-10-24(29-18-21(5)23(7)33(38)39-29)26-14-15-27-25-20-30-36(40-30)31(41-42(11-2,12-3)13-4)19-22(6)32(37)35(36,9)28(25)16-17-34(26,27)8/h10,22,24-31H,1,11-20H2,2-9H3/t22-,24+,25+,26-,27+,28+,29?,30-,31+,34-,35+,36+/m1/s1. The maximum Gasteiger partial charge on any atom is 0.333 e.